The summed E-state index contributed by atoms with van der Waals surface area (Å²) in [6.45, 7) is 4.73. The molecule has 29 heavy (non-hydrogen) atoms. The predicted molar refractivity (Wildman–Crippen MR) is 114 cm³/mol. The summed E-state index contributed by atoms with van der Waals surface area (Å²) in [6.07, 6.45) is 6.90. The Morgan fingerprint density at radius 2 is 2.07 bits per heavy atom. The Kier molecular flexibility index (Phi) is 5.71. The highest BCUT2D eigenvalue weighted by molar-refractivity contribution is 5.96. The topological polar surface area (TPSA) is 78.1 Å². The summed E-state index contributed by atoms with van der Waals surface area (Å²) in [6, 6.07) is 12.2. The Morgan fingerprint density at radius 3 is 2.90 bits per heavy atom. The number of carbonyl (C=O) groups excluding carboxylic acids is 1. The standard InChI is InChI=1S/C23H26N4O2/c1-16-6-4-5-11-27(16)15-19-8-3-2-7-18(19)13-25-23(29)21-12-17-9-10-24-14-20(17)22(28)26-21/h2-3,7-10,12,14,16H,4-6,11,13,15H2,1H3,(H,25,29)(H,26,28). The Balaban J connectivity index is 1.48. The van der Waals surface area contributed by atoms with Crippen LogP contribution in [0.15, 0.2) is 53.6 Å². The third-order valence-electron chi connectivity index (χ3n) is 5.76. The normalized spacial score (nSPS) is 17.3. The van der Waals surface area contributed by atoms with Crippen molar-refractivity contribution in [2.75, 3.05) is 6.54 Å². The molecule has 3 heterocycles. The second-order valence-electron chi connectivity index (χ2n) is 7.74. The van der Waals surface area contributed by atoms with Crippen LogP contribution in [-0.4, -0.2) is 33.4 Å². The molecule has 1 aliphatic heterocycles. The average Bonchev–Trinajstić information content (AvgIpc) is 2.74. The van der Waals surface area contributed by atoms with Crippen LogP contribution in [0.1, 0.15) is 47.8 Å². The van der Waals surface area contributed by atoms with Crippen LogP contribution in [0, 0.1) is 0 Å². The number of hydrogen-bond donors (Lipinski definition) is 2. The number of likely N-dealkylation sites (tertiary alicyclic amines) is 1. The molecule has 0 saturated carbocycles. The molecular formula is C23H26N4O2. The maximum atomic E-state index is 12.7. The molecule has 0 radical (unpaired) electrons. The second kappa shape index (κ2) is 8.57. The molecule has 1 atom stereocenters. The minimum atomic E-state index is -0.305. The fraction of sp³-hybridized carbons (Fsp3) is 0.348. The number of rotatable bonds is 5. The molecule has 3 aromatic rings. The average molecular weight is 390 g/mol. The number of fused-ring (bicyclic) bond motifs is 1. The highest BCUT2D eigenvalue weighted by atomic mass is 16.2. The lowest BCUT2D eigenvalue weighted by Gasteiger charge is -2.33. The summed E-state index contributed by atoms with van der Waals surface area (Å²) in [7, 11) is 0. The van der Waals surface area contributed by atoms with Crippen LogP contribution in [0.4, 0.5) is 0 Å². The molecule has 1 aromatic carbocycles. The summed E-state index contributed by atoms with van der Waals surface area (Å²) >= 11 is 0. The number of aromatic amines is 1. The number of hydrogen-bond acceptors (Lipinski definition) is 4. The zero-order chi connectivity index (χ0) is 20.2. The van der Waals surface area contributed by atoms with Gasteiger partial charge in [-0.1, -0.05) is 30.7 Å². The van der Waals surface area contributed by atoms with Crippen molar-refractivity contribution in [3.8, 4) is 0 Å². The molecule has 1 aliphatic rings. The minimum absolute atomic E-state index is 0.260. The van der Waals surface area contributed by atoms with Crippen LogP contribution >= 0.6 is 0 Å². The van der Waals surface area contributed by atoms with Gasteiger partial charge < -0.3 is 10.3 Å². The SMILES string of the molecule is CC1CCCCN1Cc1ccccc1CNC(=O)c1cc2ccncc2c(=O)[nH]1. The van der Waals surface area contributed by atoms with Gasteiger partial charge in [0.05, 0.1) is 5.39 Å². The van der Waals surface area contributed by atoms with E-state index in [4.69, 9.17) is 0 Å². The van der Waals surface area contributed by atoms with Crippen LogP contribution in [0.3, 0.4) is 0 Å². The number of carbonyl (C=O) groups is 1. The summed E-state index contributed by atoms with van der Waals surface area (Å²) in [4.78, 5) is 34.0. The van der Waals surface area contributed by atoms with E-state index in [0.29, 0.717) is 23.4 Å². The van der Waals surface area contributed by atoms with E-state index in [0.717, 1.165) is 18.7 Å². The number of aromatic nitrogens is 2. The molecule has 6 heteroatoms. The largest absolute Gasteiger partial charge is 0.347 e. The summed E-state index contributed by atoms with van der Waals surface area (Å²) < 4.78 is 0. The Bertz CT molecular complexity index is 1080. The van der Waals surface area contributed by atoms with Crippen LogP contribution in [0.25, 0.3) is 10.8 Å². The number of benzene rings is 1. The first-order valence-electron chi connectivity index (χ1n) is 10.2. The highest BCUT2D eigenvalue weighted by Gasteiger charge is 2.19. The first-order valence-corrected chi connectivity index (χ1v) is 10.2. The van der Waals surface area contributed by atoms with Crippen molar-refractivity contribution in [3.63, 3.8) is 0 Å². The third-order valence-corrected chi connectivity index (χ3v) is 5.76. The van der Waals surface area contributed by atoms with Crippen LogP contribution < -0.4 is 10.9 Å². The number of piperidine rings is 1. The van der Waals surface area contributed by atoms with E-state index in [-0.39, 0.29) is 17.2 Å². The van der Waals surface area contributed by atoms with Gasteiger partial charge in [-0.3, -0.25) is 19.5 Å². The zero-order valence-corrected chi connectivity index (χ0v) is 16.6. The van der Waals surface area contributed by atoms with Gasteiger partial charge in [-0.2, -0.15) is 0 Å². The van der Waals surface area contributed by atoms with Crippen molar-refractivity contribution < 1.29 is 4.79 Å². The highest BCUT2D eigenvalue weighted by Crippen LogP contribution is 2.21. The first-order chi connectivity index (χ1) is 14.1. The second-order valence-corrected chi connectivity index (χ2v) is 7.74. The number of amides is 1. The Morgan fingerprint density at radius 1 is 1.24 bits per heavy atom. The van der Waals surface area contributed by atoms with Gasteiger partial charge in [-0.15, -0.1) is 0 Å². The van der Waals surface area contributed by atoms with Crippen LogP contribution in [-0.2, 0) is 13.1 Å². The van der Waals surface area contributed by atoms with Crippen molar-refractivity contribution in [3.05, 3.63) is 76.0 Å². The van der Waals surface area contributed by atoms with Gasteiger partial charge in [0, 0.05) is 31.5 Å². The van der Waals surface area contributed by atoms with Gasteiger partial charge in [-0.25, -0.2) is 0 Å². The smallest absolute Gasteiger partial charge is 0.268 e. The van der Waals surface area contributed by atoms with E-state index in [1.165, 1.54) is 31.0 Å². The number of pyridine rings is 2. The van der Waals surface area contributed by atoms with Gasteiger partial charge >= 0.3 is 0 Å². The van der Waals surface area contributed by atoms with E-state index < -0.39 is 0 Å². The van der Waals surface area contributed by atoms with Gasteiger partial charge in [0.2, 0.25) is 0 Å². The van der Waals surface area contributed by atoms with Crippen LogP contribution in [0.2, 0.25) is 0 Å². The first kappa shape index (κ1) is 19.3. The Labute approximate surface area is 170 Å². The molecule has 0 aliphatic carbocycles. The molecule has 6 nitrogen and oxygen atoms in total. The predicted octanol–water partition coefficient (Wildman–Crippen LogP) is 3.23. The molecule has 4 rings (SSSR count). The van der Waals surface area contributed by atoms with E-state index in [1.54, 1.807) is 18.3 Å². The maximum Gasteiger partial charge on any atom is 0.268 e. The number of H-pyrrole nitrogens is 1. The monoisotopic (exact) mass is 390 g/mol. The van der Waals surface area contributed by atoms with Crippen molar-refractivity contribution in [1.82, 2.24) is 20.2 Å². The molecule has 2 N–H and O–H groups in total. The molecule has 1 unspecified atom stereocenters. The van der Waals surface area contributed by atoms with E-state index in [9.17, 15) is 9.59 Å². The lowest BCUT2D eigenvalue weighted by Crippen LogP contribution is -2.37. The number of nitrogens with one attached hydrogen (secondary N) is 2. The molecule has 150 valence electrons. The van der Waals surface area contributed by atoms with E-state index in [1.807, 2.05) is 12.1 Å². The summed E-state index contributed by atoms with van der Waals surface area (Å²) in [5.74, 6) is -0.290. The zero-order valence-electron chi connectivity index (χ0n) is 16.6. The van der Waals surface area contributed by atoms with Gasteiger partial charge in [0.25, 0.3) is 11.5 Å². The molecule has 2 aromatic heterocycles. The summed E-state index contributed by atoms with van der Waals surface area (Å²) in [5.41, 5.74) is 2.29. The molecule has 0 spiro atoms. The lowest BCUT2D eigenvalue weighted by molar-refractivity contribution is 0.0945. The van der Waals surface area contributed by atoms with Gasteiger partial charge in [-0.05, 0) is 55.0 Å². The number of nitrogens with zero attached hydrogens (tertiary/aromatic N) is 2. The molecule has 0 bridgehead atoms. The van der Waals surface area contributed by atoms with Gasteiger partial charge in [0.15, 0.2) is 0 Å². The quantitative estimate of drug-likeness (QED) is 0.701. The van der Waals surface area contributed by atoms with Crippen LogP contribution in [0.5, 0.6) is 0 Å². The third kappa shape index (κ3) is 4.38. The van der Waals surface area contributed by atoms with Crippen molar-refractivity contribution in [2.45, 2.75) is 45.3 Å². The van der Waals surface area contributed by atoms with E-state index >= 15 is 0 Å². The van der Waals surface area contributed by atoms with Crippen molar-refractivity contribution >= 4 is 16.7 Å². The maximum absolute atomic E-state index is 12.7. The lowest BCUT2D eigenvalue weighted by atomic mass is 10.0. The summed E-state index contributed by atoms with van der Waals surface area (Å²) in [5, 5.41) is 4.13. The molecule has 1 saturated heterocycles. The molecule has 1 amide bonds. The molecule has 1 fully saturated rings. The van der Waals surface area contributed by atoms with Crippen molar-refractivity contribution in [2.24, 2.45) is 0 Å². The minimum Gasteiger partial charge on any atom is -0.347 e. The van der Waals surface area contributed by atoms with Gasteiger partial charge in [0.1, 0.15) is 5.69 Å². The fourth-order valence-corrected chi connectivity index (χ4v) is 3.99. The van der Waals surface area contributed by atoms with E-state index in [2.05, 4.69) is 39.2 Å². The fourth-order valence-electron chi connectivity index (χ4n) is 3.99. The Hall–Kier alpha value is -2.99. The van der Waals surface area contributed by atoms with Crippen molar-refractivity contribution in [1.29, 1.82) is 0 Å². The molecular weight excluding hydrogens is 364 g/mol.